The number of fused-ring (bicyclic) bond motifs is 2. The maximum absolute atomic E-state index is 6.26. The summed E-state index contributed by atoms with van der Waals surface area (Å²) in [5, 5.41) is 7.21. The smallest absolute Gasteiger partial charge is 0.204 e. The summed E-state index contributed by atoms with van der Waals surface area (Å²) >= 11 is 7.85. The van der Waals surface area contributed by atoms with Crippen LogP contribution in [-0.2, 0) is 6.54 Å². The molecule has 0 radical (unpaired) electrons. The molecular weight excluding hydrogens is 464 g/mol. The van der Waals surface area contributed by atoms with Gasteiger partial charge in [0.2, 0.25) is 5.13 Å². The van der Waals surface area contributed by atoms with Crippen molar-refractivity contribution in [1.82, 2.24) is 9.55 Å². The van der Waals surface area contributed by atoms with E-state index >= 15 is 0 Å². The van der Waals surface area contributed by atoms with Crippen LogP contribution in [-0.4, -0.2) is 22.4 Å². The van der Waals surface area contributed by atoms with E-state index in [1.54, 1.807) is 11.3 Å². The molecule has 0 bridgehead atoms. The molecule has 2 heterocycles. The molecule has 5 nitrogen and oxygen atoms in total. The quantitative estimate of drug-likeness (QED) is 0.140. The summed E-state index contributed by atoms with van der Waals surface area (Å²) in [4.78, 5) is 4.57. The number of rotatable bonds is 8. The van der Waals surface area contributed by atoms with Crippen molar-refractivity contribution >= 4 is 55.4 Å². The molecule has 2 aromatic heterocycles. The summed E-state index contributed by atoms with van der Waals surface area (Å²) in [6, 6.07) is 20.5. The van der Waals surface area contributed by atoms with Crippen molar-refractivity contribution in [2.75, 3.05) is 12.0 Å². The van der Waals surface area contributed by atoms with Gasteiger partial charge in [0.1, 0.15) is 5.75 Å². The number of hydrogen-bond donors (Lipinski definition) is 1. The number of thiazole rings is 1. The van der Waals surface area contributed by atoms with Crippen LogP contribution in [0.4, 0.5) is 5.13 Å². The Labute approximate surface area is 207 Å². The van der Waals surface area contributed by atoms with E-state index in [-0.39, 0.29) is 0 Å². The van der Waals surface area contributed by atoms with Gasteiger partial charge in [0.15, 0.2) is 0 Å². The highest BCUT2D eigenvalue weighted by Gasteiger charge is 2.08. The molecule has 0 amide bonds. The maximum Gasteiger partial charge on any atom is 0.204 e. The van der Waals surface area contributed by atoms with Gasteiger partial charge >= 0.3 is 0 Å². The molecule has 0 unspecified atom stereocenters. The average molecular weight is 489 g/mol. The zero-order valence-corrected chi connectivity index (χ0v) is 20.7. The molecule has 0 aliphatic rings. The normalized spacial score (nSPS) is 11.6. The molecule has 0 atom stereocenters. The molecule has 0 aliphatic carbocycles. The van der Waals surface area contributed by atoms with Gasteiger partial charge in [-0.2, -0.15) is 5.10 Å². The van der Waals surface area contributed by atoms with E-state index in [4.69, 9.17) is 16.3 Å². The van der Waals surface area contributed by atoms with Gasteiger partial charge in [-0.3, -0.25) is 5.43 Å². The summed E-state index contributed by atoms with van der Waals surface area (Å²) in [6.45, 7) is 5.49. The molecule has 0 saturated heterocycles. The number of benzene rings is 3. The van der Waals surface area contributed by atoms with Gasteiger partial charge in [0.05, 0.1) is 23.0 Å². The van der Waals surface area contributed by atoms with Crippen molar-refractivity contribution in [2.45, 2.75) is 26.8 Å². The molecule has 5 aromatic rings. The lowest BCUT2D eigenvalue weighted by Crippen LogP contribution is -2.04. The number of ether oxygens (including phenoxy) is 1. The Hall–Kier alpha value is -3.35. The molecular formula is C27H25ClN4OS. The molecule has 0 saturated carbocycles. The minimum Gasteiger partial charge on any atom is -0.494 e. The van der Waals surface area contributed by atoms with Crippen LogP contribution in [0.5, 0.6) is 5.75 Å². The van der Waals surface area contributed by atoms with Gasteiger partial charge in [0, 0.05) is 34.2 Å². The predicted octanol–water partition coefficient (Wildman–Crippen LogP) is 7.44. The van der Waals surface area contributed by atoms with Crippen LogP contribution >= 0.6 is 22.9 Å². The van der Waals surface area contributed by atoms with Crippen molar-refractivity contribution < 1.29 is 4.74 Å². The molecule has 34 heavy (non-hydrogen) atoms. The second-order valence-corrected chi connectivity index (χ2v) is 9.63. The van der Waals surface area contributed by atoms with E-state index in [2.05, 4.69) is 56.6 Å². The standard InChI is InChI=1S/C27H25ClN4OS/c1-18-14-21(15-19(2)26(18)28)33-13-7-12-32-17-20(22-8-3-5-10-24(22)32)16-29-31-27-30-23-9-4-6-11-25(23)34-27/h3-6,8-11,14-17H,7,12-13H2,1-2H3,(H,30,31)/b29-16-. The maximum atomic E-state index is 6.26. The Balaban J connectivity index is 1.25. The van der Waals surface area contributed by atoms with Gasteiger partial charge in [-0.25, -0.2) is 4.98 Å². The molecule has 5 rings (SSSR count). The first-order valence-electron chi connectivity index (χ1n) is 11.2. The lowest BCUT2D eigenvalue weighted by Gasteiger charge is -2.10. The van der Waals surface area contributed by atoms with Crippen molar-refractivity contribution in [1.29, 1.82) is 0 Å². The highest BCUT2D eigenvalue weighted by Crippen LogP contribution is 2.27. The van der Waals surface area contributed by atoms with Crippen LogP contribution in [0.3, 0.4) is 0 Å². The summed E-state index contributed by atoms with van der Waals surface area (Å²) in [7, 11) is 0. The van der Waals surface area contributed by atoms with Crippen LogP contribution in [0.2, 0.25) is 5.02 Å². The molecule has 7 heteroatoms. The van der Waals surface area contributed by atoms with Crippen LogP contribution in [0, 0.1) is 13.8 Å². The van der Waals surface area contributed by atoms with E-state index in [0.717, 1.165) is 55.8 Å². The Morgan fingerprint density at radius 2 is 1.85 bits per heavy atom. The average Bonchev–Trinajstić information content (AvgIpc) is 3.41. The fraction of sp³-hybridized carbons (Fsp3) is 0.185. The topological polar surface area (TPSA) is 51.4 Å². The molecule has 172 valence electrons. The minimum absolute atomic E-state index is 0.635. The first-order valence-corrected chi connectivity index (χ1v) is 12.4. The summed E-state index contributed by atoms with van der Waals surface area (Å²) in [5.74, 6) is 0.866. The second-order valence-electron chi connectivity index (χ2n) is 8.22. The number of hydrazone groups is 1. The summed E-state index contributed by atoms with van der Waals surface area (Å²) in [5.41, 5.74) is 8.38. The van der Waals surface area contributed by atoms with E-state index in [9.17, 15) is 0 Å². The number of aryl methyl sites for hydroxylation is 3. The van der Waals surface area contributed by atoms with Gasteiger partial charge < -0.3 is 9.30 Å². The van der Waals surface area contributed by atoms with Crippen molar-refractivity contribution in [2.24, 2.45) is 5.10 Å². The van der Waals surface area contributed by atoms with Gasteiger partial charge in [-0.05, 0) is 61.7 Å². The van der Waals surface area contributed by atoms with Gasteiger partial charge in [-0.1, -0.05) is 53.3 Å². The van der Waals surface area contributed by atoms with E-state index < -0.39 is 0 Å². The van der Waals surface area contributed by atoms with Crippen LogP contribution < -0.4 is 10.2 Å². The first-order chi connectivity index (χ1) is 16.6. The first kappa shape index (κ1) is 22.4. The lowest BCUT2D eigenvalue weighted by atomic mass is 10.1. The molecule has 0 aliphatic heterocycles. The highest BCUT2D eigenvalue weighted by molar-refractivity contribution is 7.22. The molecule has 0 spiro atoms. The molecule has 1 N–H and O–H groups in total. The van der Waals surface area contributed by atoms with Crippen LogP contribution in [0.15, 0.2) is 72.0 Å². The number of anilines is 1. The van der Waals surface area contributed by atoms with Crippen LogP contribution in [0.1, 0.15) is 23.1 Å². The van der Waals surface area contributed by atoms with Crippen molar-refractivity contribution in [3.05, 3.63) is 88.6 Å². The second kappa shape index (κ2) is 9.87. The molecule has 0 fully saturated rings. The summed E-state index contributed by atoms with van der Waals surface area (Å²) in [6.07, 6.45) is 4.89. The number of hydrogen-bond acceptors (Lipinski definition) is 5. The Morgan fingerprint density at radius 1 is 1.09 bits per heavy atom. The van der Waals surface area contributed by atoms with Gasteiger partial charge in [-0.15, -0.1) is 0 Å². The minimum atomic E-state index is 0.635. The monoisotopic (exact) mass is 488 g/mol. The largest absolute Gasteiger partial charge is 0.494 e. The number of para-hydroxylation sites is 2. The van der Waals surface area contributed by atoms with E-state index in [1.807, 2.05) is 50.4 Å². The number of nitrogens with zero attached hydrogens (tertiary/aromatic N) is 3. The Kier molecular flexibility index (Phi) is 6.52. The van der Waals surface area contributed by atoms with Gasteiger partial charge in [0.25, 0.3) is 0 Å². The Bertz CT molecular complexity index is 1430. The van der Waals surface area contributed by atoms with Crippen molar-refractivity contribution in [3.8, 4) is 5.75 Å². The zero-order chi connectivity index (χ0) is 23.5. The molecule has 3 aromatic carbocycles. The van der Waals surface area contributed by atoms with E-state index in [0.29, 0.717) is 6.61 Å². The number of nitrogens with one attached hydrogen (secondary N) is 1. The summed E-state index contributed by atoms with van der Waals surface area (Å²) < 4.78 is 9.39. The third-order valence-corrected chi connectivity index (χ3v) is 7.24. The third-order valence-electron chi connectivity index (χ3n) is 5.70. The number of aromatic nitrogens is 2. The van der Waals surface area contributed by atoms with E-state index in [1.165, 1.54) is 10.9 Å². The highest BCUT2D eigenvalue weighted by atomic mass is 35.5. The predicted molar refractivity (Wildman–Crippen MR) is 144 cm³/mol. The van der Waals surface area contributed by atoms with Crippen molar-refractivity contribution in [3.63, 3.8) is 0 Å². The SMILES string of the molecule is Cc1cc(OCCCn2cc(/C=N\Nc3nc4ccccc4s3)c3ccccc32)cc(C)c1Cl. The number of halogens is 1. The third kappa shape index (κ3) is 4.79. The fourth-order valence-corrected chi connectivity index (χ4v) is 4.98. The zero-order valence-electron chi connectivity index (χ0n) is 19.1. The lowest BCUT2D eigenvalue weighted by molar-refractivity contribution is 0.302. The van der Waals surface area contributed by atoms with Crippen LogP contribution in [0.25, 0.3) is 21.1 Å². The Morgan fingerprint density at radius 3 is 2.68 bits per heavy atom. The fourth-order valence-electron chi connectivity index (χ4n) is 4.05.